The summed E-state index contributed by atoms with van der Waals surface area (Å²) in [4.78, 5) is 14.8. The smallest absolute Gasteiger partial charge is 0.233 e. The van der Waals surface area contributed by atoms with Crippen molar-refractivity contribution in [3.8, 4) is 5.69 Å². The van der Waals surface area contributed by atoms with Crippen LogP contribution in [0.3, 0.4) is 0 Å². The molecule has 4 rings (SSSR count). The van der Waals surface area contributed by atoms with Crippen molar-refractivity contribution in [2.75, 3.05) is 31.2 Å². The number of ether oxygens (including phenoxy) is 1. The molecule has 2 aliphatic rings. The Morgan fingerprint density at radius 2 is 1.89 bits per heavy atom. The molecule has 1 amide bonds. The third kappa shape index (κ3) is 4.33. The summed E-state index contributed by atoms with van der Waals surface area (Å²) in [6, 6.07) is 10.4. The Kier molecular flexibility index (Phi) is 6.17. The van der Waals surface area contributed by atoms with Gasteiger partial charge in [0.25, 0.3) is 0 Å². The highest BCUT2D eigenvalue weighted by molar-refractivity contribution is 8.00. The molecular weight excluding hydrogens is 374 g/mol. The summed E-state index contributed by atoms with van der Waals surface area (Å²) in [6.45, 7) is 4.88. The molecule has 1 aliphatic heterocycles. The van der Waals surface area contributed by atoms with Crippen LogP contribution in [-0.4, -0.2) is 58.3 Å². The van der Waals surface area contributed by atoms with Gasteiger partial charge in [0, 0.05) is 19.1 Å². The Hall–Kier alpha value is -2.06. The van der Waals surface area contributed by atoms with E-state index in [0.29, 0.717) is 19.3 Å². The molecule has 1 atom stereocenters. The van der Waals surface area contributed by atoms with Gasteiger partial charge in [0.15, 0.2) is 5.16 Å². The molecule has 2 heterocycles. The third-order valence-electron chi connectivity index (χ3n) is 5.28. The minimum atomic E-state index is -0.232. The molecule has 1 N–H and O–H groups in total. The molecule has 1 aromatic carbocycles. The number of hydrogen-bond donors (Lipinski definition) is 1. The van der Waals surface area contributed by atoms with Gasteiger partial charge in [-0.1, -0.05) is 42.8 Å². The maximum atomic E-state index is 12.6. The second-order valence-corrected chi connectivity index (χ2v) is 8.61. The predicted octanol–water partition coefficient (Wildman–Crippen LogP) is 2.64. The van der Waals surface area contributed by atoms with Crippen molar-refractivity contribution in [3.05, 3.63) is 30.3 Å². The molecule has 8 heteroatoms. The number of benzene rings is 1. The van der Waals surface area contributed by atoms with Crippen molar-refractivity contribution in [2.24, 2.45) is 0 Å². The van der Waals surface area contributed by atoms with Crippen LogP contribution in [0.25, 0.3) is 5.69 Å². The number of nitrogens with one attached hydrogen (secondary N) is 1. The van der Waals surface area contributed by atoms with Crippen LogP contribution >= 0.6 is 11.8 Å². The maximum absolute atomic E-state index is 12.6. The van der Waals surface area contributed by atoms with E-state index < -0.39 is 0 Å². The summed E-state index contributed by atoms with van der Waals surface area (Å²) < 4.78 is 7.53. The number of anilines is 1. The summed E-state index contributed by atoms with van der Waals surface area (Å²) in [5.74, 6) is 0.882. The fraction of sp³-hybridized carbons (Fsp3) is 0.550. The normalized spacial score (nSPS) is 19.0. The van der Waals surface area contributed by atoms with Crippen LogP contribution in [0.4, 0.5) is 5.95 Å². The fourth-order valence-corrected chi connectivity index (χ4v) is 4.58. The predicted molar refractivity (Wildman–Crippen MR) is 110 cm³/mol. The van der Waals surface area contributed by atoms with E-state index in [0.717, 1.165) is 42.7 Å². The van der Waals surface area contributed by atoms with Crippen molar-refractivity contribution in [1.29, 1.82) is 0 Å². The summed E-state index contributed by atoms with van der Waals surface area (Å²) in [5, 5.41) is 12.6. The number of nitrogens with zero attached hydrogens (tertiary/aromatic N) is 4. The van der Waals surface area contributed by atoms with Gasteiger partial charge >= 0.3 is 0 Å². The topological polar surface area (TPSA) is 72.3 Å². The highest BCUT2D eigenvalue weighted by atomic mass is 32.2. The number of thioether (sulfide) groups is 1. The molecule has 1 saturated heterocycles. The average Bonchev–Trinajstić information content (AvgIpc) is 3.39. The average molecular weight is 402 g/mol. The molecular formula is C20H27N5O2S. The molecule has 150 valence electrons. The van der Waals surface area contributed by atoms with Crippen molar-refractivity contribution in [2.45, 2.75) is 49.1 Å². The number of para-hydroxylation sites is 1. The maximum Gasteiger partial charge on any atom is 0.233 e. The first-order valence-electron chi connectivity index (χ1n) is 10.0. The molecule has 2 fully saturated rings. The van der Waals surface area contributed by atoms with E-state index in [9.17, 15) is 4.79 Å². The minimum absolute atomic E-state index is 0.0763. The summed E-state index contributed by atoms with van der Waals surface area (Å²) in [6.07, 6.45) is 4.59. The van der Waals surface area contributed by atoms with Crippen LogP contribution in [0, 0.1) is 0 Å². The lowest BCUT2D eigenvalue weighted by molar-refractivity contribution is -0.120. The van der Waals surface area contributed by atoms with Crippen LogP contribution in [0.1, 0.15) is 32.6 Å². The largest absolute Gasteiger partial charge is 0.378 e. The number of carbonyl (C=O) groups is 1. The summed E-state index contributed by atoms with van der Waals surface area (Å²) >= 11 is 1.46. The monoisotopic (exact) mass is 401 g/mol. The minimum Gasteiger partial charge on any atom is -0.378 e. The first-order valence-corrected chi connectivity index (χ1v) is 10.9. The lowest BCUT2D eigenvalue weighted by atomic mass is 10.2. The van der Waals surface area contributed by atoms with Gasteiger partial charge in [-0.2, -0.15) is 0 Å². The van der Waals surface area contributed by atoms with Crippen LogP contribution in [0.15, 0.2) is 35.5 Å². The highest BCUT2D eigenvalue weighted by Gasteiger charge is 2.26. The zero-order valence-corrected chi connectivity index (χ0v) is 17.0. The van der Waals surface area contributed by atoms with E-state index in [1.807, 2.05) is 37.3 Å². The number of morpholine rings is 1. The second-order valence-electron chi connectivity index (χ2n) is 7.30. The summed E-state index contributed by atoms with van der Waals surface area (Å²) in [5.41, 5.74) is 1.000. The molecule has 1 unspecified atom stereocenters. The van der Waals surface area contributed by atoms with Gasteiger partial charge in [0.05, 0.1) is 24.2 Å². The van der Waals surface area contributed by atoms with Crippen molar-refractivity contribution < 1.29 is 9.53 Å². The zero-order chi connectivity index (χ0) is 19.3. The third-order valence-corrected chi connectivity index (χ3v) is 6.32. The van der Waals surface area contributed by atoms with E-state index in [2.05, 4.69) is 25.0 Å². The van der Waals surface area contributed by atoms with E-state index in [4.69, 9.17) is 4.74 Å². The fourth-order valence-electron chi connectivity index (χ4n) is 3.71. The standard InChI is InChI=1S/C20H27N5O2S/c1-15(18(26)21-16-7-5-6-8-16)28-20-23-22-19(24-11-13-27-14-12-24)25(20)17-9-3-2-4-10-17/h2-4,9-10,15-16H,5-8,11-14H2,1H3,(H,21,26). The van der Waals surface area contributed by atoms with Crippen molar-refractivity contribution in [1.82, 2.24) is 20.1 Å². The van der Waals surface area contributed by atoms with Crippen LogP contribution in [0.5, 0.6) is 0 Å². The van der Waals surface area contributed by atoms with Crippen molar-refractivity contribution in [3.63, 3.8) is 0 Å². The molecule has 0 bridgehead atoms. The zero-order valence-electron chi connectivity index (χ0n) is 16.2. The molecule has 1 saturated carbocycles. The molecule has 1 aromatic heterocycles. The van der Waals surface area contributed by atoms with Gasteiger partial charge in [-0.25, -0.2) is 0 Å². The molecule has 0 spiro atoms. The quantitative estimate of drug-likeness (QED) is 0.751. The lowest BCUT2D eigenvalue weighted by Crippen LogP contribution is -2.38. The Balaban J connectivity index is 1.55. The molecule has 28 heavy (non-hydrogen) atoms. The number of aromatic nitrogens is 3. The van der Waals surface area contributed by atoms with Crippen LogP contribution in [-0.2, 0) is 9.53 Å². The number of amides is 1. The van der Waals surface area contributed by atoms with E-state index in [-0.39, 0.29) is 11.2 Å². The van der Waals surface area contributed by atoms with Gasteiger partial charge < -0.3 is 15.0 Å². The Morgan fingerprint density at radius 1 is 1.18 bits per heavy atom. The van der Waals surface area contributed by atoms with E-state index in [1.165, 1.54) is 24.6 Å². The number of hydrogen-bond acceptors (Lipinski definition) is 6. The number of carbonyl (C=O) groups excluding carboxylic acids is 1. The van der Waals surface area contributed by atoms with Gasteiger partial charge in [0.2, 0.25) is 11.9 Å². The second kappa shape index (κ2) is 8.96. The molecule has 7 nitrogen and oxygen atoms in total. The van der Waals surface area contributed by atoms with Crippen LogP contribution in [0.2, 0.25) is 0 Å². The van der Waals surface area contributed by atoms with Gasteiger partial charge in [-0.05, 0) is 31.9 Å². The van der Waals surface area contributed by atoms with Crippen molar-refractivity contribution >= 4 is 23.6 Å². The number of rotatable bonds is 6. The molecule has 1 aliphatic carbocycles. The first kappa shape index (κ1) is 19.3. The summed E-state index contributed by atoms with van der Waals surface area (Å²) in [7, 11) is 0. The Labute approximate surface area is 169 Å². The lowest BCUT2D eigenvalue weighted by Gasteiger charge is -2.28. The highest BCUT2D eigenvalue weighted by Crippen LogP contribution is 2.30. The first-order chi connectivity index (χ1) is 13.7. The van der Waals surface area contributed by atoms with Gasteiger partial charge in [-0.3, -0.25) is 9.36 Å². The van der Waals surface area contributed by atoms with Gasteiger partial charge in [0.1, 0.15) is 0 Å². The molecule has 2 aromatic rings. The van der Waals surface area contributed by atoms with Crippen LogP contribution < -0.4 is 10.2 Å². The molecule has 0 radical (unpaired) electrons. The Morgan fingerprint density at radius 3 is 2.61 bits per heavy atom. The Bertz CT molecular complexity index is 785. The van der Waals surface area contributed by atoms with E-state index >= 15 is 0 Å². The SMILES string of the molecule is CC(Sc1nnc(N2CCOCC2)n1-c1ccccc1)C(=O)NC1CCCC1. The van der Waals surface area contributed by atoms with Gasteiger partial charge in [-0.15, -0.1) is 10.2 Å². The van der Waals surface area contributed by atoms with E-state index in [1.54, 1.807) is 0 Å².